The summed E-state index contributed by atoms with van der Waals surface area (Å²) in [7, 11) is 1.68. The van der Waals surface area contributed by atoms with Crippen molar-refractivity contribution in [2.45, 2.75) is 24.5 Å². The monoisotopic (exact) mass is 408 g/mol. The third kappa shape index (κ3) is 3.44. The molecular formula is C24H28N2O4. The Morgan fingerprint density at radius 2 is 1.90 bits per heavy atom. The van der Waals surface area contributed by atoms with Gasteiger partial charge in [-0.1, -0.05) is 30.3 Å². The number of anilines is 1. The van der Waals surface area contributed by atoms with Crippen LogP contribution in [0, 0.1) is 0 Å². The number of fused-ring (bicyclic) bond motifs is 2. The number of carbonyl (C=O) groups is 1. The highest BCUT2D eigenvalue weighted by molar-refractivity contribution is 5.82. The van der Waals surface area contributed by atoms with Gasteiger partial charge in [-0.3, -0.25) is 4.79 Å². The maximum Gasteiger partial charge on any atom is 0.251 e. The normalized spacial score (nSPS) is 25.6. The van der Waals surface area contributed by atoms with Crippen molar-refractivity contribution >= 4 is 11.6 Å². The number of rotatable bonds is 4. The molecule has 2 atom stereocenters. The average molecular weight is 408 g/mol. The highest BCUT2D eigenvalue weighted by Crippen LogP contribution is 2.48. The third-order valence-electron chi connectivity index (χ3n) is 6.58. The molecule has 2 aromatic carbocycles. The molecule has 6 nitrogen and oxygen atoms in total. The molecule has 0 saturated carbocycles. The van der Waals surface area contributed by atoms with Gasteiger partial charge < -0.3 is 24.0 Å². The van der Waals surface area contributed by atoms with E-state index in [4.69, 9.17) is 14.2 Å². The topological polar surface area (TPSA) is 51.2 Å². The summed E-state index contributed by atoms with van der Waals surface area (Å²) in [6.07, 6.45) is 0.372. The van der Waals surface area contributed by atoms with Crippen molar-refractivity contribution in [1.29, 1.82) is 0 Å². The summed E-state index contributed by atoms with van der Waals surface area (Å²) in [5.74, 6) is 0.979. The molecule has 0 radical (unpaired) electrons. The fourth-order valence-corrected chi connectivity index (χ4v) is 5.00. The van der Waals surface area contributed by atoms with Crippen LogP contribution in [0.25, 0.3) is 0 Å². The van der Waals surface area contributed by atoms with Gasteiger partial charge in [-0.15, -0.1) is 0 Å². The number of para-hydroxylation sites is 1. The summed E-state index contributed by atoms with van der Waals surface area (Å²) < 4.78 is 16.8. The number of hydrogen-bond donors (Lipinski definition) is 0. The van der Waals surface area contributed by atoms with Gasteiger partial charge in [0.1, 0.15) is 11.9 Å². The van der Waals surface area contributed by atoms with E-state index in [1.54, 1.807) is 7.11 Å². The summed E-state index contributed by atoms with van der Waals surface area (Å²) in [4.78, 5) is 17.3. The Balaban J connectivity index is 1.35. The molecule has 0 bridgehead atoms. The third-order valence-corrected chi connectivity index (χ3v) is 6.58. The molecule has 2 saturated heterocycles. The van der Waals surface area contributed by atoms with E-state index in [1.165, 1.54) is 16.8 Å². The van der Waals surface area contributed by atoms with E-state index in [-0.39, 0.29) is 17.4 Å². The molecule has 3 aliphatic rings. The van der Waals surface area contributed by atoms with Crippen molar-refractivity contribution in [2.75, 3.05) is 51.5 Å². The first-order chi connectivity index (χ1) is 14.7. The van der Waals surface area contributed by atoms with Gasteiger partial charge in [0.2, 0.25) is 0 Å². The molecule has 0 unspecified atom stereocenters. The van der Waals surface area contributed by atoms with Crippen LogP contribution in [0.4, 0.5) is 5.69 Å². The van der Waals surface area contributed by atoms with Crippen LogP contribution >= 0.6 is 0 Å². The van der Waals surface area contributed by atoms with Crippen molar-refractivity contribution < 1.29 is 19.0 Å². The molecule has 1 amide bonds. The van der Waals surface area contributed by atoms with E-state index in [0.29, 0.717) is 32.9 Å². The van der Waals surface area contributed by atoms with Gasteiger partial charge in [0.05, 0.1) is 26.9 Å². The predicted octanol–water partition coefficient (Wildman–Crippen LogP) is 2.60. The van der Waals surface area contributed by atoms with Gasteiger partial charge in [-0.2, -0.15) is 0 Å². The van der Waals surface area contributed by atoms with Gasteiger partial charge in [-0.25, -0.2) is 0 Å². The fraction of sp³-hybridized carbons (Fsp3) is 0.458. The van der Waals surface area contributed by atoms with Crippen LogP contribution in [0.2, 0.25) is 0 Å². The molecule has 2 fully saturated rings. The molecule has 1 spiro atoms. The summed E-state index contributed by atoms with van der Waals surface area (Å²) in [6, 6.07) is 16.8. The first kappa shape index (κ1) is 19.4. The fourth-order valence-electron chi connectivity index (χ4n) is 5.00. The molecule has 5 rings (SSSR count). The van der Waals surface area contributed by atoms with E-state index in [0.717, 1.165) is 25.3 Å². The van der Waals surface area contributed by atoms with Crippen molar-refractivity contribution in [3.8, 4) is 5.75 Å². The average Bonchev–Trinajstić information content (AvgIpc) is 3.37. The molecule has 0 aromatic heterocycles. The molecule has 2 aromatic rings. The molecule has 0 N–H and O–H groups in total. The minimum atomic E-state index is -0.364. The molecular weight excluding hydrogens is 380 g/mol. The maximum atomic E-state index is 13.0. The zero-order valence-corrected chi connectivity index (χ0v) is 17.4. The molecule has 3 heterocycles. The predicted molar refractivity (Wildman–Crippen MR) is 114 cm³/mol. The van der Waals surface area contributed by atoms with Crippen molar-refractivity contribution in [2.24, 2.45) is 0 Å². The van der Waals surface area contributed by atoms with Crippen LogP contribution in [0.1, 0.15) is 17.5 Å². The Kier molecular flexibility index (Phi) is 5.13. The first-order valence-corrected chi connectivity index (χ1v) is 10.6. The Bertz CT molecular complexity index is 910. The van der Waals surface area contributed by atoms with E-state index >= 15 is 0 Å². The quantitative estimate of drug-likeness (QED) is 0.779. The van der Waals surface area contributed by atoms with Gasteiger partial charge in [0.25, 0.3) is 5.91 Å². The standard InChI is InChI=1S/C24H28N2O4/c1-28-19-8-6-18(7-9-19)15-26-16-24(20-4-2-3-5-21(20)26)14-22(30-17-24)23(27)25-10-12-29-13-11-25/h2-9,22H,10-17H2,1H3/t22-,24-/m1/s1. The second kappa shape index (κ2) is 7.93. The summed E-state index contributed by atoms with van der Waals surface area (Å²) in [6.45, 7) is 4.82. The maximum absolute atomic E-state index is 13.0. The lowest BCUT2D eigenvalue weighted by molar-refractivity contribution is -0.144. The van der Waals surface area contributed by atoms with Crippen LogP contribution < -0.4 is 9.64 Å². The lowest BCUT2D eigenvalue weighted by Gasteiger charge is -2.29. The zero-order chi connectivity index (χ0) is 20.6. The number of ether oxygens (including phenoxy) is 3. The summed E-state index contributed by atoms with van der Waals surface area (Å²) in [5.41, 5.74) is 3.66. The Morgan fingerprint density at radius 1 is 1.13 bits per heavy atom. The van der Waals surface area contributed by atoms with Crippen LogP contribution in [0.5, 0.6) is 5.75 Å². The lowest BCUT2D eigenvalue weighted by Crippen LogP contribution is -2.46. The summed E-state index contributed by atoms with van der Waals surface area (Å²) in [5, 5.41) is 0. The smallest absolute Gasteiger partial charge is 0.251 e. The van der Waals surface area contributed by atoms with Crippen molar-refractivity contribution in [1.82, 2.24) is 4.90 Å². The van der Waals surface area contributed by atoms with Gasteiger partial charge >= 0.3 is 0 Å². The SMILES string of the molecule is COc1ccc(CN2C[C@]3(CO[C@@H](C(=O)N4CCOCC4)C3)c3ccccc32)cc1. The number of morpholine rings is 1. The number of amides is 1. The Hall–Kier alpha value is -2.57. The van der Waals surface area contributed by atoms with Crippen LogP contribution in [-0.2, 0) is 26.2 Å². The number of hydrogen-bond acceptors (Lipinski definition) is 5. The Labute approximate surface area is 177 Å². The van der Waals surface area contributed by atoms with Crippen LogP contribution in [0.3, 0.4) is 0 Å². The largest absolute Gasteiger partial charge is 0.497 e. The van der Waals surface area contributed by atoms with Gasteiger partial charge in [-0.05, 0) is 35.7 Å². The second-order valence-electron chi connectivity index (χ2n) is 8.44. The van der Waals surface area contributed by atoms with Gasteiger partial charge in [0.15, 0.2) is 0 Å². The molecule has 6 heteroatoms. The van der Waals surface area contributed by atoms with E-state index < -0.39 is 0 Å². The van der Waals surface area contributed by atoms with Gasteiger partial charge in [0, 0.05) is 37.3 Å². The van der Waals surface area contributed by atoms with Crippen molar-refractivity contribution in [3.63, 3.8) is 0 Å². The van der Waals surface area contributed by atoms with E-state index in [9.17, 15) is 4.79 Å². The first-order valence-electron chi connectivity index (χ1n) is 10.6. The lowest BCUT2D eigenvalue weighted by atomic mass is 9.80. The number of nitrogens with zero attached hydrogens (tertiary/aromatic N) is 2. The van der Waals surface area contributed by atoms with Crippen LogP contribution in [0.15, 0.2) is 48.5 Å². The number of carbonyl (C=O) groups excluding carboxylic acids is 1. The highest BCUT2D eigenvalue weighted by atomic mass is 16.5. The molecule has 0 aliphatic carbocycles. The molecule has 158 valence electrons. The number of benzene rings is 2. The summed E-state index contributed by atoms with van der Waals surface area (Å²) >= 11 is 0. The minimum Gasteiger partial charge on any atom is -0.497 e. The number of methoxy groups -OCH3 is 1. The van der Waals surface area contributed by atoms with Crippen molar-refractivity contribution in [3.05, 3.63) is 59.7 Å². The van der Waals surface area contributed by atoms with E-state index in [1.807, 2.05) is 17.0 Å². The van der Waals surface area contributed by atoms with E-state index in [2.05, 4.69) is 41.3 Å². The minimum absolute atomic E-state index is 0.112. The van der Waals surface area contributed by atoms with Crippen LogP contribution in [-0.4, -0.2) is 63.5 Å². The highest BCUT2D eigenvalue weighted by Gasteiger charge is 2.50. The zero-order valence-electron chi connectivity index (χ0n) is 17.4. The molecule has 30 heavy (non-hydrogen) atoms. The second-order valence-corrected chi connectivity index (χ2v) is 8.44. The molecule has 3 aliphatic heterocycles. The Morgan fingerprint density at radius 3 is 2.67 bits per heavy atom.